The third kappa shape index (κ3) is 2.62. The van der Waals surface area contributed by atoms with Crippen molar-refractivity contribution in [2.24, 2.45) is 0 Å². The van der Waals surface area contributed by atoms with Crippen LogP contribution in [0.15, 0.2) is 60.9 Å². The Morgan fingerprint density at radius 2 is 1.68 bits per heavy atom. The molecule has 0 atom stereocenters. The number of aromatic nitrogens is 2. The van der Waals surface area contributed by atoms with Gasteiger partial charge in [-0.1, -0.05) is 24.3 Å². The second-order valence-electron chi connectivity index (χ2n) is 6.51. The summed E-state index contributed by atoms with van der Waals surface area (Å²) >= 11 is 0. The predicted octanol–water partition coefficient (Wildman–Crippen LogP) is 5.73. The normalized spacial score (nSPS) is 11.2. The highest BCUT2D eigenvalue weighted by molar-refractivity contribution is 5.86. The van der Waals surface area contributed by atoms with Crippen LogP contribution in [-0.4, -0.2) is 9.38 Å². The Bertz CT molecular complexity index is 1090. The molecule has 3 heteroatoms. The highest BCUT2D eigenvalue weighted by atomic mass is 19.1. The van der Waals surface area contributed by atoms with Gasteiger partial charge in [-0.2, -0.15) is 0 Å². The van der Waals surface area contributed by atoms with Gasteiger partial charge in [0.05, 0.1) is 0 Å². The molecule has 0 saturated heterocycles. The van der Waals surface area contributed by atoms with Gasteiger partial charge in [0.25, 0.3) is 0 Å². The second kappa shape index (κ2) is 5.85. The van der Waals surface area contributed by atoms with Gasteiger partial charge in [0.15, 0.2) is 0 Å². The molecule has 0 radical (unpaired) electrons. The number of fused-ring (bicyclic) bond motifs is 1. The standard InChI is InChI=1S/C22H19FN2/c1-14-5-4-6-19(22(14)17-7-9-20(23)15(2)11-17)18-8-10-21-24-12-16(3)25(21)13-18/h4-13H,1-3H3. The lowest BCUT2D eigenvalue weighted by Crippen LogP contribution is -1.93. The molecule has 2 nitrogen and oxygen atoms in total. The minimum Gasteiger partial charge on any atom is -0.304 e. The fourth-order valence-electron chi connectivity index (χ4n) is 3.35. The first-order valence-electron chi connectivity index (χ1n) is 8.35. The van der Waals surface area contributed by atoms with E-state index in [1.807, 2.05) is 31.3 Å². The molecule has 2 aromatic heterocycles. The van der Waals surface area contributed by atoms with Gasteiger partial charge in [0.1, 0.15) is 11.5 Å². The fraction of sp³-hybridized carbons (Fsp3) is 0.136. The van der Waals surface area contributed by atoms with Crippen LogP contribution in [0, 0.1) is 26.6 Å². The number of benzene rings is 2. The quantitative estimate of drug-likeness (QED) is 0.458. The fourth-order valence-corrected chi connectivity index (χ4v) is 3.35. The van der Waals surface area contributed by atoms with E-state index in [-0.39, 0.29) is 5.82 Å². The van der Waals surface area contributed by atoms with Gasteiger partial charge in [0.2, 0.25) is 0 Å². The Hall–Kier alpha value is -2.94. The molecule has 0 aliphatic heterocycles. The zero-order chi connectivity index (χ0) is 17.6. The van der Waals surface area contributed by atoms with Crippen molar-refractivity contribution in [2.75, 3.05) is 0 Å². The average Bonchev–Trinajstić information content (AvgIpc) is 2.98. The number of halogens is 1. The number of imidazole rings is 1. The summed E-state index contributed by atoms with van der Waals surface area (Å²) in [5.74, 6) is -0.172. The number of aryl methyl sites for hydroxylation is 3. The van der Waals surface area contributed by atoms with E-state index in [1.165, 1.54) is 5.56 Å². The highest BCUT2D eigenvalue weighted by Gasteiger charge is 2.12. The second-order valence-corrected chi connectivity index (χ2v) is 6.51. The van der Waals surface area contributed by atoms with E-state index in [2.05, 4.69) is 46.8 Å². The van der Waals surface area contributed by atoms with Gasteiger partial charge >= 0.3 is 0 Å². The number of hydrogen-bond donors (Lipinski definition) is 0. The van der Waals surface area contributed by atoms with Crippen molar-refractivity contribution in [1.29, 1.82) is 0 Å². The lowest BCUT2D eigenvalue weighted by Gasteiger charge is -2.15. The molecule has 2 aromatic carbocycles. The number of rotatable bonds is 2. The molecule has 0 fully saturated rings. The summed E-state index contributed by atoms with van der Waals surface area (Å²) in [5.41, 5.74) is 8.31. The van der Waals surface area contributed by atoms with Crippen molar-refractivity contribution >= 4 is 5.65 Å². The van der Waals surface area contributed by atoms with E-state index in [0.29, 0.717) is 5.56 Å². The summed E-state index contributed by atoms with van der Waals surface area (Å²) in [6.07, 6.45) is 3.99. The van der Waals surface area contributed by atoms with Gasteiger partial charge in [-0.15, -0.1) is 0 Å². The maximum absolute atomic E-state index is 13.7. The Labute approximate surface area is 146 Å². The maximum Gasteiger partial charge on any atom is 0.136 e. The zero-order valence-electron chi connectivity index (χ0n) is 14.5. The van der Waals surface area contributed by atoms with E-state index < -0.39 is 0 Å². The monoisotopic (exact) mass is 330 g/mol. The van der Waals surface area contributed by atoms with E-state index in [4.69, 9.17) is 0 Å². The van der Waals surface area contributed by atoms with Crippen LogP contribution < -0.4 is 0 Å². The Kier molecular flexibility index (Phi) is 3.65. The van der Waals surface area contributed by atoms with Gasteiger partial charge in [-0.05, 0) is 78.4 Å². The summed E-state index contributed by atoms with van der Waals surface area (Å²) in [4.78, 5) is 4.39. The van der Waals surface area contributed by atoms with Gasteiger partial charge < -0.3 is 4.40 Å². The molecule has 0 N–H and O–H groups in total. The van der Waals surface area contributed by atoms with Crippen LogP contribution in [0.3, 0.4) is 0 Å². The molecule has 0 amide bonds. The smallest absolute Gasteiger partial charge is 0.136 e. The molecule has 0 aliphatic carbocycles. The molecule has 0 aliphatic rings. The van der Waals surface area contributed by atoms with Gasteiger partial charge in [-0.25, -0.2) is 9.37 Å². The van der Waals surface area contributed by atoms with Gasteiger partial charge in [-0.3, -0.25) is 0 Å². The molecule has 0 unspecified atom stereocenters. The zero-order valence-corrected chi connectivity index (χ0v) is 14.5. The summed E-state index contributed by atoms with van der Waals surface area (Å²) in [6, 6.07) is 15.7. The highest BCUT2D eigenvalue weighted by Crippen LogP contribution is 2.35. The van der Waals surface area contributed by atoms with E-state index in [1.54, 1.807) is 13.0 Å². The Balaban J connectivity index is 1.96. The molecule has 4 rings (SSSR count). The third-order valence-corrected chi connectivity index (χ3v) is 4.72. The van der Waals surface area contributed by atoms with Crippen LogP contribution in [-0.2, 0) is 0 Å². The van der Waals surface area contributed by atoms with Crippen LogP contribution in [0.1, 0.15) is 16.8 Å². The average molecular weight is 330 g/mol. The van der Waals surface area contributed by atoms with E-state index in [0.717, 1.165) is 33.6 Å². The molecule has 25 heavy (non-hydrogen) atoms. The van der Waals surface area contributed by atoms with Crippen LogP contribution in [0.25, 0.3) is 27.9 Å². The predicted molar refractivity (Wildman–Crippen MR) is 100 cm³/mol. The number of hydrogen-bond acceptors (Lipinski definition) is 1. The SMILES string of the molecule is Cc1cc(-c2c(C)cccc2-c2ccc3ncc(C)n3c2)ccc1F. The van der Waals surface area contributed by atoms with Crippen LogP contribution in [0.2, 0.25) is 0 Å². The first-order chi connectivity index (χ1) is 12.0. The largest absolute Gasteiger partial charge is 0.304 e. The molecule has 0 saturated carbocycles. The molecule has 2 heterocycles. The van der Waals surface area contributed by atoms with Crippen LogP contribution >= 0.6 is 0 Å². The first-order valence-corrected chi connectivity index (χ1v) is 8.35. The van der Waals surface area contributed by atoms with Crippen molar-refractivity contribution in [3.63, 3.8) is 0 Å². The molecule has 124 valence electrons. The third-order valence-electron chi connectivity index (χ3n) is 4.72. The summed E-state index contributed by atoms with van der Waals surface area (Å²) < 4.78 is 15.8. The maximum atomic E-state index is 13.7. The number of nitrogens with zero attached hydrogens (tertiary/aromatic N) is 2. The lowest BCUT2D eigenvalue weighted by atomic mass is 9.91. The Morgan fingerprint density at radius 1 is 0.880 bits per heavy atom. The molecular formula is C22H19FN2. The molecule has 0 spiro atoms. The Morgan fingerprint density at radius 3 is 2.48 bits per heavy atom. The number of pyridine rings is 1. The topological polar surface area (TPSA) is 17.3 Å². The minimum atomic E-state index is -0.172. The van der Waals surface area contributed by atoms with E-state index in [9.17, 15) is 4.39 Å². The van der Waals surface area contributed by atoms with Crippen molar-refractivity contribution in [3.8, 4) is 22.3 Å². The first kappa shape index (κ1) is 15.6. The summed E-state index contributed by atoms with van der Waals surface area (Å²) in [6.45, 7) is 5.94. The minimum absolute atomic E-state index is 0.172. The summed E-state index contributed by atoms with van der Waals surface area (Å²) in [5, 5.41) is 0. The van der Waals surface area contributed by atoms with Crippen LogP contribution in [0.4, 0.5) is 4.39 Å². The lowest BCUT2D eigenvalue weighted by molar-refractivity contribution is 0.619. The molecule has 0 bridgehead atoms. The van der Waals surface area contributed by atoms with Crippen LogP contribution in [0.5, 0.6) is 0 Å². The summed E-state index contributed by atoms with van der Waals surface area (Å²) in [7, 11) is 0. The van der Waals surface area contributed by atoms with Gasteiger partial charge in [0, 0.05) is 18.1 Å². The molecule has 4 aromatic rings. The van der Waals surface area contributed by atoms with Crippen molar-refractivity contribution < 1.29 is 4.39 Å². The van der Waals surface area contributed by atoms with Crippen molar-refractivity contribution in [1.82, 2.24) is 9.38 Å². The van der Waals surface area contributed by atoms with E-state index >= 15 is 0 Å². The van der Waals surface area contributed by atoms with Crippen molar-refractivity contribution in [3.05, 3.63) is 83.6 Å². The molecular weight excluding hydrogens is 311 g/mol. The van der Waals surface area contributed by atoms with Crippen molar-refractivity contribution in [2.45, 2.75) is 20.8 Å².